The predicted octanol–water partition coefficient (Wildman–Crippen LogP) is 2.37. The standard InChI is InChI=1S/C7H10S2/c1-8-7-5-2-3-6(4-5)9-7/h2-3,5-7H,4H2,1H3/t5-,6+,7-/m1/s1. The van der Waals surface area contributed by atoms with Crippen molar-refractivity contribution in [1.82, 2.24) is 0 Å². The normalized spacial score (nSPS) is 46.6. The lowest BCUT2D eigenvalue weighted by Gasteiger charge is -2.13. The Morgan fingerprint density at radius 3 is 2.78 bits per heavy atom. The van der Waals surface area contributed by atoms with Crippen LogP contribution in [0.15, 0.2) is 12.2 Å². The van der Waals surface area contributed by atoms with Gasteiger partial charge < -0.3 is 0 Å². The van der Waals surface area contributed by atoms with E-state index in [1.807, 2.05) is 11.8 Å². The highest BCUT2D eigenvalue weighted by Crippen LogP contribution is 2.48. The molecule has 1 aliphatic carbocycles. The summed E-state index contributed by atoms with van der Waals surface area (Å²) in [7, 11) is 0. The van der Waals surface area contributed by atoms with E-state index in [0.29, 0.717) is 0 Å². The maximum atomic E-state index is 2.39. The van der Waals surface area contributed by atoms with E-state index in [1.54, 1.807) is 0 Å². The summed E-state index contributed by atoms with van der Waals surface area (Å²) in [6.45, 7) is 0. The maximum Gasteiger partial charge on any atom is 0.0568 e. The third-order valence-corrected chi connectivity index (χ3v) is 5.01. The second-order valence-electron chi connectivity index (χ2n) is 2.56. The molecule has 3 atom stereocenters. The van der Waals surface area contributed by atoms with Crippen LogP contribution in [0.1, 0.15) is 6.42 Å². The van der Waals surface area contributed by atoms with Gasteiger partial charge in [-0.25, -0.2) is 0 Å². The molecular weight excluding hydrogens is 148 g/mol. The van der Waals surface area contributed by atoms with Crippen molar-refractivity contribution < 1.29 is 0 Å². The van der Waals surface area contributed by atoms with Gasteiger partial charge in [-0.15, -0.1) is 11.8 Å². The zero-order chi connectivity index (χ0) is 6.27. The molecule has 0 spiro atoms. The van der Waals surface area contributed by atoms with Gasteiger partial charge in [-0.05, 0) is 18.6 Å². The van der Waals surface area contributed by atoms with Crippen molar-refractivity contribution in [2.75, 3.05) is 6.26 Å². The lowest BCUT2D eigenvalue weighted by Crippen LogP contribution is -2.02. The van der Waals surface area contributed by atoms with E-state index >= 15 is 0 Å². The van der Waals surface area contributed by atoms with E-state index in [1.165, 1.54) is 6.42 Å². The van der Waals surface area contributed by atoms with Crippen LogP contribution in [0.25, 0.3) is 0 Å². The first-order valence-corrected chi connectivity index (χ1v) is 5.50. The van der Waals surface area contributed by atoms with Crippen LogP contribution < -0.4 is 0 Å². The Balaban J connectivity index is 2.10. The smallest absolute Gasteiger partial charge is 0.0568 e. The fourth-order valence-corrected chi connectivity index (χ4v) is 4.19. The van der Waals surface area contributed by atoms with Crippen LogP contribution in [-0.2, 0) is 0 Å². The molecular formula is C7H10S2. The van der Waals surface area contributed by atoms with Gasteiger partial charge in [0, 0.05) is 5.25 Å². The van der Waals surface area contributed by atoms with Crippen LogP contribution in [0.3, 0.4) is 0 Å². The Morgan fingerprint density at radius 2 is 2.44 bits per heavy atom. The zero-order valence-corrected chi connectivity index (χ0v) is 7.04. The topological polar surface area (TPSA) is 0 Å². The van der Waals surface area contributed by atoms with E-state index in [2.05, 4.69) is 30.2 Å². The second kappa shape index (κ2) is 2.24. The SMILES string of the molecule is CS[C@@H]1S[C@H]2C=C[C@@H]1C2. The molecule has 0 aromatic rings. The van der Waals surface area contributed by atoms with Gasteiger partial charge in [-0.3, -0.25) is 0 Å². The molecule has 0 nitrogen and oxygen atoms in total. The minimum Gasteiger partial charge on any atom is -0.150 e. The van der Waals surface area contributed by atoms with Gasteiger partial charge in [0.05, 0.1) is 4.58 Å². The Morgan fingerprint density at radius 1 is 1.56 bits per heavy atom. The Hall–Kier alpha value is 0.440. The van der Waals surface area contributed by atoms with Crippen molar-refractivity contribution in [2.24, 2.45) is 5.92 Å². The highest BCUT2D eigenvalue weighted by atomic mass is 32.2. The van der Waals surface area contributed by atoms with Gasteiger partial charge >= 0.3 is 0 Å². The number of rotatable bonds is 1. The number of fused-ring (bicyclic) bond motifs is 2. The summed E-state index contributed by atoms with van der Waals surface area (Å²) >= 11 is 4.14. The summed E-state index contributed by atoms with van der Waals surface area (Å²) in [5, 5.41) is 0.868. The molecule has 2 aliphatic rings. The van der Waals surface area contributed by atoms with E-state index in [4.69, 9.17) is 0 Å². The molecule has 0 N–H and O–H groups in total. The molecule has 50 valence electrons. The second-order valence-corrected chi connectivity index (χ2v) is 5.23. The summed E-state index contributed by atoms with van der Waals surface area (Å²) in [5.74, 6) is 0.898. The van der Waals surface area contributed by atoms with Crippen LogP contribution in [0.5, 0.6) is 0 Å². The van der Waals surface area contributed by atoms with Gasteiger partial charge in [-0.2, -0.15) is 11.8 Å². The van der Waals surface area contributed by atoms with Crippen molar-refractivity contribution >= 4 is 23.5 Å². The molecule has 2 rings (SSSR count). The molecule has 0 aromatic carbocycles. The fourth-order valence-electron chi connectivity index (χ4n) is 1.50. The first-order valence-electron chi connectivity index (χ1n) is 3.27. The average molecular weight is 158 g/mol. The minimum absolute atomic E-state index is 0.868. The summed E-state index contributed by atoms with van der Waals surface area (Å²) < 4.78 is 0.875. The van der Waals surface area contributed by atoms with E-state index in [0.717, 1.165) is 15.7 Å². The van der Waals surface area contributed by atoms with Crippen LogP contribution >= 0.6 is 23.5 Å². The molecule has 1 heterocycles. The van der Waals surface area contributed by atoms with Crippen molar-refractivity contribution in [3.63, 3.8) is 0 Å². The van der Waals surface area contributed by atoms with E-state index < -0.39 is 0 Å². The third-order valence-electron chi connectivity index (χ3n) is 1.97. The van der Waals surface area contributed by atoms with Gasteiger partial charge in [0.15, 0.2) is 0 Å². The van der Waals surface area contributed by atoms with Crippen LogP contribution in [0, 0.1) is 5.92 Å². The molecule has 2 heteroatoms. The van der Waals surface area contributed by atoms with Crippen molar-refractivity contribution in [1.29, 1.82) is 0 Å². The molecule has 2 bridgehead atoms. The first kappa shape index (κ1) is 6.17. The molecule has 1 saturated heterocycles. The predicted molar refractivity (Wildman–Crippen MR) is 45.9 cm³/mol. The quantitative estimate of drug-likeness (QED) is 0.537. The molecule has 0 unspecified atom stereocenters. The molecule has 0 radical (unpaired) electrons. The lowest BCUT2D eigenvalue weighted by atomic mass is 10.2. The number of hydrogen-bond donors (Lipinski definition) is 0. The monoisotopic (exact) mass is 158 g/mol. The largest absolute Gasteiger partial charge is 0.150 e. The van der Waals surface area contributed by atoms with Gasteiger partial charge in [0.2, 0.25) is 0 Å². The maximum absolute atomic E-state index is 2.39. The van der Waals surface area contributed by atoms with Crippen molar-refractivity contribution in [2.45, 2.75) is 16.3 Å². The molecule has 0 aromatic heterocycles. The molecule has 1 fully saturated rings. The fraction of sp³-hybridized carbons (Fsp3) is 0.714. The van der Waals surface area contributed by atoms with Crippen LogP contribution in [-0.4, -0.2) is 16.1 Å². The first-order chi connectivity index (χ1) is 4.40. The summed E-state index contributed by atoms with van der Waals surface area (Å²) in [4.78, 5) is 0. The number of allylic oxidation sites excluding steroid dienone is 1. The Kier molecular flexibility index (Phi) is 1.54. The molecule has 1 aliphatic heterocycles. The Labute approximate surface area is 64.5 Å². The van der Waals surface area contributed by atoms with E-state index in [9.17, 15) is 0 Å². The van der Waals surface area contributed by atoms with E-state index in [-0.39, 0.29) is 0 Å². The summed E-state index contributed by atoms with van der Waals surface area (Å²) in [6.07, 6.45) is 8.38. The molecule has 0 amide bonds. The third kappa shape index (κ3) is 0.926. The van der Waals surface area contributed by atoms with Crippen molar-refractivity contribution in [3.8, 4) is 0 Å². The number of thioether (sulfide) groups is 2. The highest BCUT2D eigenvalue weighted by molar-refractivity contribution is 8.17. The highest BCUT2D eigenvalue weighted by Gasteiger charge is 2.35. The molecule has 0 saturated carbocycles. The average Bonchev–Trinajstić information content (AvgIpc) is 2.45. The van der Waals surface area contributed by atoms with Crippen molar-refractivity contribution in [3.05, 3.63) is 12.2 Å². The van der Waals surface area contributed by atoms with Gasteiger partial charge in [0.25, 0.3) is 0 Å². The Bertz CT molecular complexity index is 142. The van der Waals surface area contributed by atoms with Crippen LogP contribution in [0.2, 0.25) is 0 Å². The van der Waals surface area contributed by atoms with Crippen LogP contribution in [0.4, 0.5) is 0 Å². The number of hydrogen-bond acceptors (Lipinski definition) is 2. The summed E-state index contributed by atoms with van der Waals surface area (Å²) in [6, 6.07) is 0. The minimum atomic E-state index is 0.868. The zero-order valence-electron chi connectivity index (χ0n) is 5.41. The lowest BCUT2D eigenvalue weighted by molar-refractivity contribution is 0.733. The van der Waals surface area contributed by atoms with Gasteiger partial charge in [0.1, 0.15) is 0 Å². The van der Waals surface area contributed by atoms with Gasteiger partial charge in [-0.1, -0.05) is 12.2 Å². The molecule has 9 heavy (non-hydrogen) atoms. The summed E-state index contributed by atoms with van der Waals surface area (Å²) in [5.41, 5.74) is 0.